The number of carbonyl (C=O) groups excluding carboxylic acids is 1. The molecule has 2 unspecified atom stereocenters. The van der Waals surface area contributed by atoms with Crippen LogP contribution in [0.3, 0.4) is 0 Å². The normalized spacial score (nSPS) is 13.5. The van der Waals surface area contributed by atoms with Gasteiger partial charge in [0.2, 0.25) is 5.91 Å². The molecule has 0 aromatic heterocycles. The van der Waals surface area contributed by atoms with Gasteiger partial charge in [-0.1, -0.05) is 41.9 Å². The lowest BCUT2D eigenvalue weighted by molar-refractivity contribution is -0.117. The molecule has 2 N–H and O–H groups in total. The Morgan fingerprint density at radius 2 is 1.62 bits per heavy atom. The van der Waals surface area contributed by atoms with Gasteiger partial charge >= 0.3 is 0 Å². The van der Waals surface area contributed by atoms with Crippen molar-refractivity contribution < 1.29 is 4.79 Å². The van der Waals surface area contributed by atoms with Crippen LogP contribution in [-0.2, 0) is 4.79 Å². The lowest BCUT2D eigenvalue weighted by Crippen LogP contribution is -2.39. The van der Waals surface area contributed by atoms with Gasteiger partial charge in [-0.3, -0.25) is 10.1 Å². The van der Waals surface area contributed by atoms with Gasteiger partial charge in [-0.25, -0.2) is 0 Å². The van der Waals surface area contributed by atoms with E-state index in [4.69, 9.17) is 11.6 Å². The van der Waals surface area contributed by atoms with E-state index in [0.717, 1.165) is 11.3 Å². The van der Waals surface area contributed by atoms with Crippen LogP contribution in [0.25, 0.3) is 0 Å². The first-order valence-electron chi connectivity index (χ1n) is 6.93. The maximum absolute atomic E-state index is 12.1. The molecule has 0 bridgehead atoms. The molecule has 0 aliphatic carbocycles. The molecule has 0 saturated heterocycles. The number of hydrogen-bond donors (Lipinski definition) is 2. The average Bonchev–Trinajstić information content (AvgIpc) is 2.48. The van der Waals surface area contributed by atoms with E-state index in [9.17, 15) is 4.79 Å². The van der Waals surface area contributed by atoms with Gasteiger partial charge in [0, 0.05) is 16.8 Å². The summed E-state index contributed by atoms with van der Waals surface area (Å²) in [5.41, 5.74) is 1.90. The molecule has 2 atom stereocenters. The Morgan fingerprint density at radius 3 is 2.24 bits per heavy atom. The Labute approximate surface area is 130 Å². The minimum Gasteiger partial charge on any atom is -0.325 e. The van der Waals surface area contributed by atoms with Crippen LogP contribution in [0.1, 0.15) is 25.5 Å². The van der Waals surface area contributed by atoms with Gasteiger partial charge in [-0.15, -0.1) is 0 Å². The van der Waals surface area contributed by atoms with Crippen LogP contribution in [0.4, 0.5) is 5.69 Å². The number of para-hydroxylation sites is 1. The monoisotopic (exact) mass is 302 g/mol. The zero-order valence-electron chi connectivity index (χ0n) is 12.1. The Hall–Kier alpha value is -1.84. The van der Waals surface area contributed by atoms with Crippen molar-refractivity contribution in [3.05, 3.63) is 65.2 Å². The van der Waals surface area contributed by atoms with Crippen molar-refractivity contribution in [1.29, 1.82) is 0 Å². The van der Waals surface area contributed by atoms with Gasteiger partial charge < -0.3 is 5.32 Å². The molecule has 3 nitrogen and oxygen atoms in total. The number of amides is 1. The van der Waals surface area contributed by atoms with Crippen molar-refractivity contribution in [2.24, 2.45) is 0 Å². The molecule has 0 fully saturated rings. The second-order valence-electron chi connectivity index (χ2n) is 5.02. The zero-order chi connectivity index (χ0) is 15.2. The van der Waals surface area contributed by atoms with E-state index in [1.54, 1.807) is 0 Å². The van der Waals surface area contributed by atoms with Crippen molar-refractivity contribution in [2.75, 3.05) is 5.32 Å². The van der Waals surface area contributed by atoms with Gasteiger partial charge in [-0.2, -0.15) is 0 Å². The van der Waals surface area contributed by atoms with Crippen molar-refractivity contribution in [1.82, 2.24) is 5.32 Å². The molecular formula is C17H19ClN2O. The van der Waals surface area contributed by atoms with Gasteiger partial charge in [0.1, 0.15) is 0 Å². The SMILES string of the molecule is CC(NC(C)c1ccc(Cl)cc1)C(=O)Nc1ccccc1. The molecule has 2 aromatic rings. The molecular weight excluding hydrogens is 284 g/mol. The summed E-state index contributed by atoms with van der Waals surface area (Å²) in [6.45, 7) is 3.88. The fraction of sp³-hybridized carbons (Fsp3) is 0.235. The molecule has 21 heavy (non-hydrogen) atoms. The lowest BCUT2D eigenvalue weighted by atomic mass is 10.1. The Balaban J connectivity index is 1.92. The summed E-state index contributed by atoms with van der Waals surface area (Å²) in [6, 6.07) is 16.8. The fourth-order valence-corrected chi connectivity index (χ4v) is 2.20. The predicted octanol–water partition coefficient (Wildman–Crippen LogP) is 4.02. The van der Waals surface area contributed by atoms with Crippen LogP contribution >= 0.6 is 11.6 Å². The van der Waals surface area contributed by atoms with Crippen molar-refractivity contribution >= 4 is 23.2 Å². The quantitative estimate of drug-likeness (QED) is 0.876. The van der Waals surface area contributed by atoms with Crippen molar-refractivity contribution in [3.63, 3.8) is 0 Å². The average molecular weight is 303 g/mol. The maximum Gasteiger partial charge on any atom is 0.241 e. The smallest absolute Gasteiger partial charge is 0.241 e. The summed E-state index contributed by atoms with van der Waals surface area (Å²) in [6.07, 6.45) is 0. The van der Waals surface area contributed by atoms with E-state index in [-0.39, 0.29) is 18.0 Å². The molecule has 0 saturated carbocycles. The topological polar surface area (TPSA) is 41.1 Å². The summed E-state index contributed by atoms with van der Waals surface area (Å²) >= 11 is 5.88. The summed E-state index contributed by atoms with van der Waals surface area (Å²) in [7, 11) is 0. The Kier molecular flexibility index (Phi) is 5.37. The van der Waals surface area contributed by atoms with Gasteiger partial charge in [0.15, 0.2) is 0 Å². The number of carbonyl (C=O) groups is 1. The molecule has 0 aliphatic rings. The first-order chi connectivity index (χ1) is 10.1. The van der Waals surface area contributed by atoms with E-state index in [1.807, 2.05) is 68.4 Å². The van der Waals surface area contributed by atoms with E-state index in [0.29, 0.717) is 5.02 Å². The largest absolute Gasteiger partial charge is 0.325 e. The predicted molar refractivity (Wildman–Crippen MR) is 87.5 cm³/mol. The second kappa shape index (κ2) is 7.25. The second-order valence-corrected chi connectivity index (χ2v) is 5.45. The van der Waals surface area contributed by atoms with E-state index in [1.165, 1.54) is 0 Å². The molecule has 1 amide bonds. The highest BCUT2D eigenvalue weighted by Crippen LogP contribution is 2.16. The number of hydrogen-bond acceptors (Lipinski definition) is 2. The standard InChI is InChI=1S/C17H19ClN2O/c1-12(14-8-10-15(18)11-9-14)19-13(2)17(21)20-16-6-4-3-5-7-16/h3-13,19H,1-2H3,(H,20,21). The van der Waals surface area contributed by atoms with Crippen LogP contribution in [0.2, 0.25) is 5.02 Å². The Morgan fingerprint density at radius 1 is 1.00 bits per heavy atom. The lowest BCUT2D eigenvalue weighted by Gasteiger charge is -2.20. The molecule has 4 heteroatoms. The summed E-state index contributed by atoms with van der Waals surface area (Å²) < 4.78 is 0. The zero-order valence-corrected chi connectivity index (χ0v) is 12.9. The number of nitrogens with one attached hydrogen (secondary N) is 2. The van der Waals surface area contributed by atoms with Gasteiger partial charge in [0.05, 0.1) is 6.04 Å². The van der Waals surface area contributed by atoms with Crippen LogP contribution < -0.4 is 10.6 Å². The Bertz CT molecular complexity index is 583. The summed E-state index contributed by atoms with van der Waals surface area (Å²) in [4.78, 5) is 12.1. The van der Waals surface area contributed by atoms with Crippen molar-refractivity contribution in [2.45, 2.75) is 25.9 Å². The molecule has 0 spiro atoms. The summed E-state index contributed by atoms with van der Waals surface area (Å²) in [5.74, 6) is -0.0537. The first-order valence-corrected chi connectivity index (χ1v) is 7.31. The summed E-state index contributed by atoms with van der Waals surface area (Å²) in [5, 5.41) is 6.87. The number of halogens is 1. The molecule has 0 heterocycles. The van der Waals surface area contributed by atoms with Gasteiger partial charge in [0.25, 0.3) is 0 Å². The molecule has 0 aliphatic heterocycles. The first kappa shape index (κ1) is 15.5. The van der Waals surface area contributed by atoms with Crippen LogP contribution in [-0.4, -0.2) is 11.9 Å². The minimum atomic E-state index is -0.295. The number of benzene rings is 2. The third-order valence-corrected chi connectivity index (χ3v) is 3.56. The van der Waals surface area contributed by atoms with Crippen LogP contribution in [0, 0.1) is 0 Å². The fourth-order valence-electron chi connectivity index (χ4n) is 2.07. The van der Waals surface area contributed by atoms with E-state index >= 15 is 0 Å². The highest BCUT2D eigenvalue weighted by Gasteiger charge is 2.16. The molecule has 2 aromatic carbocycles. The van der Waals surface area contributed by atoms with E-state index in [2.05, 4.69) is 10.6 Å². The third kappa shape index (κ3) is 4.59. The third-order valence-electron chi connectivity index (χ3n) is 3.30. The maximum atomic E-state index is 12.1. The highest BCUT2D eigenvalue weighted by molar-refractivity contribution is 6.30. The molecule has 110 valence electrons. The number of rotatable bonds is 5. The minimum absolute atomic E-state index is 0.0537. The van der Waals surface area contributed by atoms with Crippen LogP contribution in [0.15, 0.2) is 54.6 Å². The number of anilines is 1. The molecule has 2 rings (SSSR count). The van der Waals surface area contributed by atoms with Gasteiger partial charge in [-0.05, 0) is 43.7 Å². The van der Waals surface area contributed by atoms with Crippen LogP contribution in [0.5, 0.6) is 0 Å². The van der Waals surface area contributed by atoms with E-state index < -0.39 is 0 Å². The molecule has 0 radical (unpaired) electrons. The van der Waals surface area contributed by atoms with Crippen molar-refractivity contribution in [3.8, 4) is 0 Å². The highest BCUT2D eigenvalue weighted by atomic mass is 35.5.